The molecule has 0 saturated carbocycles. The van der Waals surface area contributed by atoms with Gasteiger partial charge in [0, 0.05) is 13.0 Å². The third-order valence-electron chi connectivity index (χ3n) is 5.22. The molecule has 3 aromatic carbocycles. The molecular weight excluding hydrogens is 348 g/mol. The van der Waals surface area contributed by atoms with Gasteiger partial charge in [0.2, 0.25) is 0 Å². The van der Waals surface area contributed by atoms with E-state index >= 15 is 0 Å². The van der Waals surface area contributed by atoms with Gasteiger partial charge < -0.3 is 10.2 Å². The Balaban J connectivity index is 1.38. The van der Waals surface area contributed by atoms with Crippen LogP contribution in [0.25, 0.3) is 10.8 Å². The molecule has 5 heteroatoms. The quantitative estimate of drug-likeness (QED) is 0.769. The number of carbonyl (C=O) groups is 1. The second-order valence-corrected chi connectivity index (χ2v) is 7.20. The summed E-state index contributed by atoms with van der Waals surface area (Å²) in [5, 5.41) is 5.35. The number of nitrogens with zero attached hydrogens (tertiary/aromatic N) is 3. The predicted octanol–water partition coefficient (Wildman–Crippen LogP) is 3.15. The van der Waals surface area contributed by atoms with Crippen LogP contribution in [0.5, 0.6) is 0 Å². The van der Waals surface area contributed by atoms with Gasteiger partial charge in [-0.1, -0.05) is 66.7 Å². The van der Waals surface area contributed by atoms with Crippen molar-refractivity contribution in [2.75, 3.05) is 0 Å². The number of aliphatic imine (C=N–C) groups is 2. The van der Waals surface area contributed by atoms with E-state index in [0.717, 1.165) is 5.56 Å². The average Bonchev–Trinajstić information content (AvgIpc) is 3.12. The van der Waals surface area contributed by atoms with Crippen LogP contribution in [0.1, 0.15) is 11.1 Å². The van der Waals surface area contributed by atoms with Crippen LogP contribution in [-0.2, 0) is 17.8 Å². The van der Waals surface area contributed by atoms with Gasteiger partial charge in [0.1, 0.15) is 5.84 Å². The summed E-state index contributed by atoms with van der Waals surface area (Å²) in [6.45, 7) is 0.672. The van der Waals surface area contributed by atoms with Gasteiger partial charge in [0.05, 0.1) is 6.34 Å². The molecule has 28 heavy (non-hydrogen) atoms. The van der Waals surface area contributed by atoms with Crippen molar-refractivity contribution in [3.8, 4) is 0 Å². The third kappa shape index (κ3) is 3.16. The molecule has 0 aliphatic carbocycles. The Kier molecular flexibility index (Phi) is 4.13. The van der Waals surface area contributed by atoms with E-state index in [2.05, 4.69) is 45.5 Å². The molecule has 0 fully saturated rings. The lowest BCUT2D eigenvalue weighted by atomic mass is 10.1. The lowest BCUT2D eigenvalue weighted by molar-refractivity contribution is -0.122. The number of rotatable bonds is 4. The van der Waals surface area contributed by atoms with Crippen molar-refractivity contribution < 1.29 is 4.79 Å². The Hall–Kier alpha value is -3.47. The molecule has 2 unspecified atom stereocenters. The molecule has 0 aromatic heterocycles. The minimum Gasteiger partial charge on any atom is -0.334 e. The first kappa shape index (κ1) is 16.7. The highest BCUT2D eigenvalue weighted by Crippen LogP contribution is 2.23. The summed E-state index contributed by atoms with van der Waals surface area (Å²) < 4.78 is 0. The zero-order chi connectivity index (χ0) is 18.9. The molecule has 2 heterocycles. The standard InChI is InChI=1S/C23H20N4O/c28-23-21-22(25-20(26-23)13-16-6-2-1-3-7-16)27(15-24-21)14-17-10-11-18-8-4-5-9-19(18)12-17/h1-12,15,21-22H,13-14H2,(H,25,26,28). The van der Waals surface area contributed by atoms with Gasteiger partial charge in [-0.15, -0.1) is 0 Å². The Morgan fingerprint density at radius 2 is 1.68 bits per heavy atom. The number of hydrogen-bond donors (Lipinski definition) is 1. The number of carbonyl (C=O) groups excluding carboxylic acids is 1. The first-order valence-corrected chi connectivity index (χ1v) is 9.44. The maximum Gasteiger partial charge on any atom is 0.254 e. The Morgan fingerprint density at radius 3 is 2.54 bits per heavy atom. The Bertz CT molecular complexity index is 1090. The summed E-state index contributed by atoms with van der Waals surface area (Å²) in [7, 11) is 0. The van der Waals surface area contributed by atoms with E-state index in [1.165, 1.54) is 16.3 Å². The van der Waals surface area contributed by atoms with E-state index in [9.17, 15) is 4.79 Å². The van der Waals surface area contributed by atoms with Gasteiger partial charge in [0.15, 0.2) is 12.2 Å². The fourth-order valence-corrected chi connectivity index (χ4v) is 3.80. The van der Waals surface area contributed by atoms with Crippen LogP contribution < -0.4 is 5.32 Å². The lowest BCUT2D eigenvalue weighted by Crippen LogP contribution is -2.51. The first-order chi connectivity index (χ1) is 13.8. The van der Waals surface area contributed by atoms with E-state index in [0.29, 0.717) is 18.8 Å². The molecule has 138 valence electrons. The maximum atomic E-state index is 12.5. The highest BCUT2D eigenvalue weighted by atomic mass is 16.2. The SMILES string of the molecule is O=C1NC(Cc2ccccc2)=NC2C1N=CN2Cc1ccc2ccccc2c1. The van der Waals surface area contributed by atoms with Gasteiger partial charge >= 0.3 is 0 Å². The summed E-state index contributed by atoms with van der Waals surface area (Å²) >= 11 is 0. The molecule has 2 aliphatic rings. The molecule has 1 amide bonds. The second-order valence-electron chi connectivity index (χ2n) is 7.20. The molecule has 3 aromatic rings. The van der Waals surface area contributed by atoms with Gasteiger partial charge in [-0.3, -0.25) is 9.79 Å². The minimum absolute atomic E-state index is 0.0804. The average molecular weight is 368 g/mol. The molecule has 5 rings (SSSR count). The first-order valence-electron chi connectivity index (χ1n) is 9.44. The summed E-state index contributed by atoms with van der Waals surface area (Å²) in [5.41, 5.74) is 2.30. The smallest absolute Gasteiger partial charge is 0.254 e. The molecule has 0 radical (unpaired) electrons. The zero-order valence-electron chi connectivity index (χ0n) is 15.3. The molecule has 2 aliphatic heterocycles. The topological polar surface area (TPSA) is 57.1 Å². The zero-order valence-corrected chi connectivity index (χ0v) is 15.3. The maximum absolute atomic E-state index is 12.5. The number of nitrogens with one attached hydrogen (secondary N) is 1. The highest BCUT2D eigenvalue weighted by molar-refractivity contribution is 6.04. The number of amidine groups is 1. The molecule has 2 atom stereocenters. The highest BCUT2D eigenvalue weighted by Gasteiger charge is 2.39. The molecule has 0 saturated heterocycles. The molecule has 5 nitrogen and oxygen atoms in total. The molecule has 1 N–H and O–H groups in total. The van der Waals surface area contributed by atoms with Crippen molar-refractivity contribution in [3.63, 3.8) is 0 Å². The van der Waals surface area contributed by atoms with Crippen molar-refractivity contribution in [2.24, 2.45) is 9.98 Å². The van der Waals surface area contributed by atoms with Crippen molar-refractivity contribution >= 4 is 28.9 Å². The monoisotopic (exact) mass is 368 g/mol. The van der Waals surface area contributed by atoms with Gasteiger partial charge in [0.25, 0.3) is 5.91 Å². The fraction of sp³-hybridized carbons (Fsp3) is 0.174. The second kappa shape index (κ2) is 6.93. The van der Waals surface area contributed by atoms with Crippen LogP contribution in [0.2, 0.25) is 0 Å². The van der Waals surface area contributed by atoms with E-state index in [-0.39, 0.29) is 12.1 Å². The van der Waals surface area contributed by atoms with Crippen molar-refractivity contribution in [3.05, 3.63) is 83.9 Å². The lowest BCUT2D eigenvalue weighted by Gasteiger charge is -2.29. The van der Waals surface area contributed by atoms with E-state index in [1.807, 2.05) is 42.5 Å². The fourth-order valence-electron chi connectivity index (χ4n) is 3.80. The summed E-state index contributed by atoms with van der Waals surface area (Å²) in [5.74, 6) is 0.620. The van der Waals surface area contributed by atoms with Crippen molar-refractivity contribution in [2.45, 2.75) is 25.2 Å². The van der Waals surface area contributed by atoms with Crippen LogP contribution in [-0.4, -0.2) is 35.2 Å². The van der Waals surface area contributed by atoms with E-state index < -0.39 is 6.04 Å². The van der Waals surface area contributed by atoms with Gasteiger partial charge in [-0.05, 0) is 28.0 Å². The number of fused-ring (bicyclic) bond motifs is 2. The Labute approximate surface area is 163 Å². The Morgan fingerprint density at radius 1 is 0.893 bits per heavy atom. The van der Waals surface area contributed by atoms with Crippen molar-refractivity contribution in [1.82, 2.24) is 10.2 Å². The molecular formula is C23H20N4O. The van der Waals surface area contributed by atoms with Crippen molar-refractivity contribution in [1.29, 1.82) is 0 Å². The van der Waals surface area contributed by atoms with Crippen LogP contribution in [0, 0.1) is 0 Å². The number of amides is 1. The predicted molar refractivity (Wildman–Crippen MR) is 111 cm³/mol. The van der Waals surface area contributed by atoms with Crippen LogP contribution in [0.15, 0.2) is 82.8 Å². The minimum atomic E-state index is -0.472. The summed E-state index contributed by atoms with van der Waals surface area (Å²) in [4.78, 5) is 23.8. The largest absolute Gasteiger partial charge is 0.334 e. The van der Waals surface area contributed by atoms with Crippen LogP contribution in [0.4, 0.5) is 0 Å². The van der Waals surface area contributed by atoms with Crippen LogP contribution in [0.3, 0.4) is 0 Å². The van der Waals surface area contributed by atoms with Crippen LogP contribution >= 0.6 is 0 Å². The molecule has 0 bridgehead atoms. The van der Waals surface area contributed by atoms with E-state index in [1.54, 1.807) is 6.34 Å². The van der Waals surface area contributed by atoms with E-state index in [4.69, 9.17) is 4.99 Å². The summed E-state index contributed by atoms with van der Waals surface area (Å²) in [6, 6.07) is 24.3. The van der Waals surface area contributed by atoms with Gasteiger partial charge in [-0.25, -0.2) is 4.99 Å². The van der Waals surface area contributed by atoms with Gasteiger partial charge in [-0.2, -0.15) is 0 Å². The normalized spacial score (nSPS) is 20.8. The molecule has 0 spiro atoms. The number of benzene rings is 3. The number of hydrogen-bond acceptors (Lipinski definition) is 4. The summed E-state index contributed by atoms with van der Waals surface area (Å²) in [6.07, 6.45) is 2.09. The third-order valence-corrected chi connectivity index (χ3v) is 5.22.